The van der Waals surface area contributed by atoms with Gasteiger partial charge in [-0.05, 0) is 0 Å². The maximum Gasteiger partial charge on any atom is -1.00 e. The minimum absolute atomic E-state index is 0. The average molecular weight is 350 g/mol. The van der Waals surface area contributed by atoms with E-state index in [4.69, 9.17) is 0 Å². The predicted octanol–water partition coefficient (Wildman–Crippen LogP) is -5.38. The quantitative estimate of drug-likeness (QED) is 0.435. The molecule has 0 aliphatic heterocycles. The van der Waals surface area contributed by atoms with Gasteiger partial charge in [-0.1, -0.05) is 0 Å². The van der Waals surface area contributed by atoms with E-state index in [1.54, 1.807) is 0 Å². The Balaban J connectivity index is -0.000000245. The van der Waals surface area contributed by atoms with Crippen molar-refractivity contribution in [3.05, 3.63) is 0 Å². The first kappa shape index (κ1) is 17.1. The number of amides is 1. The van der Waals surface area contributed by atoms with Gasteiger partial charge in [0.25, 0.3) is 0 Å². The summed E-state index contributed by atoms with van der Waals surface area (Å²) in [4.78, 5) is 10.8. The van der Waals surface area contributed by atoms with Gasteiger partial charge < -0.3 is 24.8 Å². The third kappa shape index (κ3) is 7.03. The maximum atomic E-state index is 10.8. The molecule has 0 bridgehead atoms. The standard InChI is InChI=1S/C5H11NO.2ClH.Hf/c1-5(2,3)4(6)7;;;/h1-3H3,(H2,6,7);2*1H;/q;;;+3/p-3. The molecule has 10 heavy (non-hydrogen) atoms. The Bertz CT molecular complexity index is 102. The first-order valence-corrected chi connectivity index (χ1v) is 4.25. The first-order valence-electron chi connectivity index (χ1n) is 2.45. The van der Waals surface area contributed by atoms with Crippen LogP contribution in [0.15, 0.2) is 0 Å². The molecule has 0 saturated heterocycles. The fraction of sp³-hybridized carbons (Fsp3) is 0.800. The summed E-state index contributed by atoms with van der Waals surface area (Å²) < 4.78 is 2.70. The van der Waals surface area contributed by atoms with Gasteiger partial charge in [0.05, 0.1) is 0 Å². The second-order valence-corrected chi connectivity index (χ2v) is 3.60. The van der Waals surface area contributed by atoms with E-state index in [2.05, 4.69) is 3.30 Å². The summed E-state index contributed by atoms with van der Waals surface area (Å²) in [5, 5.41) is 0. The molecule has 1 N–H and O–H groups in total. The SMILES string of the molecule is CC(C)(C)C(=O)[NH][Hf+2].[Cl-].[Cl-]. The Kier molecular flexibility index (Phi) is 11.3. The number of carbonyl (C=O) groups is 1. The van der Waals surface area contributed by atoms with Crippen LogP contribution in [0.25, 0.3) is 0 Å². The van der Waals surface area contributed by atoms with Crippen molar-refractivity contribution in [3.63, 3.8) is 0 Å². The van der Waals surface area contributed by atoms with Crippen molar-refractivity contribution >= 4 is 5.91 Å². The van der Waals surface area contributed by atoms with Crippen molar-refractivity contribution in [2.75, 3.05) is 0 Å². The van der Waals surface area contributed by atoms with Crippen LogP contribution in [0, 0.1) is 5.41 Å². The van der Waals surface area contributed by atoms with E-state index in [0.717, 1.165) is 24.7 Å². The van der Waals surface area contributed by atoms with Gasteiger partial charge in [-0.2, -0.15) is 0 Å². The Labute approximate surface area is 89.3 Å². The van der Waals surface area contributed by atoms with Gasteiger partial charge >= 0.3 is 64.9 Å². The molecule has 0 rings (SSSR count). The molecule has 0 atom stereocenters. The van der Waals surface area contributed by atoms with E-state index in [1.807, 2.05) is 20.8 Å². The molecule has 0 aromatic heterocycles. The van der Waals surface area contributed by atoms with Gasteiger partial charge in [-0.25, -0.2) is 0 Å². The van der Waals surface area contributed by atoms with Gasteiger partial charge in [0, 0.05) is 0 Å². The molecule has 59 valence electrons. The fourth-order valence-corrected chi connectivity index (χ4v) is 1.53. The average Bonchev–Trinajstić information content (AvgIpc) is 1.62. The summed E-state index contributed by atoms with van der Waals surface area (Å²) in [6.07, 6.45) is 0. The molecule has 0 unspecified atom stereocenters. The molecule has 0 saturated carbocycles. The molecule has 0 radical (unpaired) electrons. The summed E-state index contributed by atoms with van der Waals surface area (Å²) in [7, 11) is 0. The minimum Gasteiger partial charge on any atom is -1.00 e. The minimum atomic E-state index is -0.207. The largest absolute Gasteiger partial charge is 1.00 e. The number of hydrogen-bond acceptors (Lipinski definition) is 1. The Morgan fingerprint density at radius 2 is 1.60 bits per heavy atom. The van der Waals surface area contributed by atoms with Gasteiger partial charge in [0.1, 0.15) is 0 Å². The van der Waals surface area contributed by atoms with E-state index in [1.165, 1.54) is 0 Å². The molecule has 0 fully saturated rings. The molecular weight excluding hydrogens is 339 g/mol. The topological polar surface area (TPSA) is 29.1 Å². The summed E-state index contributed by atoms with van der Waals surface area (Å²) in [6.45, 7) is 5.71. The molecular formula is C5H10Cl2HfNO. The predicted molar refractivity (Wildman–Crippen MR) is 27.6 cm³/mol. The molecule has 0 heterocycles. The van der Waals surface area contributed by atoms with Crippen molar-refractivity contribution in [2.45, 2.75) is 20.8 Å². The van der Waals surface area contributed by atoms with Crippen LogP contribution in [0.3, 0.4) is 0 Å². The summed E-state index contributed by atoms with van der Waals surface area (Å²) in [5.74, 6) is 0.143. The third-order valence-electron chi connectivity index (χ3n) is 0.795. The van der Waals surface area contributed by atoms with Crippen molar-refractivity contribution in [3.8, 4) is 0 Å². The van der Waals surface area contributed by atoms with Crippen LogP contribution in [0.5, 0.6) is 0 Å². The number of halogens is 2. The van der Waals surface area contributed by atoms with Crippen LogP contribution in [0.4, 0.5) is 0 Å². The van der Waals surface area contributed by atoms with Crippen molar-refractivity contribution in [1.82, 2.24) is 3.30 Å². The fourth-order valence-electron chi connectivity index (χ4n) is 0.188. The smallest absolute Gasteiger partial charge is 1.00 e. The maximum absolute atomic E-state index is 10.8. The number of carbonyl (C=O) groups excluding carboxylic acids is 1. The zero-order valence-electron chi connectivity index (χ0n) is 6.16. The van der Waals surface area contributed by atoms with Crippen molar-refractivity contribution < 1.29 is 54.3 Å². The Morgan fingerprint density at radius 3 is 1.60 bits per heavy atom. The van der Waals surface area contributed by atoms with Crippen molar-refractivity contribution in [1.29, 1.82) is 0 Å². The summed E-state index contributed by atoms with van der Waals surface area (Å²) in [6, 6.07) is 0. The monoisotopic (exact) mass is 350 g/mol. The molecule has 0 aromatic carbocycles. The van der Waals surface area contributed by atoms with E-state index < -0.39 is 0 Å². The molecule has 5 heteroatoms. The van der Waals surface area contributed by atoms with E-state index in [9.17, 15) is 4.79 Å². The molecule has 2 nitrogen and oxygen atoms in total. The summed E-state index contributed by atoms with van der Waals surface area (Å²) >= 11 is 0.754. The number of nitrogens with one attached hydrogen (secondary N) is 1. The first-order chi connectivity index (χ1) is 3.48. The van der Waals surface area contributed by atoms with Crippen LogP contribution < -0.4 is 28.1 Å². The van der Waals surface area contributed by atoms with Crippen LogP contribution in [0.1, 0.15) is 20.8 Å². The second kappa shape index (κ2) is 6.62. The van der Waals surface area contributed by atoms with E-state index in [-0.39, 0.29) is 36.1 Å². The van der Waals surface area contributed by atoms with E-state index >= 15 is 0 Å². The van der Waals surface area contributed by atoms with Gasteiger partial charge in [-0.3, -0.25) is 0 Å². The molecule has 1 amide bonds. The van der Waals surface area contributed by atoms with Crippen LogP contribution in [0.2, 0.25) is 0 Å². The van der Waals surface area contributed by atoms with Gasteiger partial charge in [-0.15, -0.1) is 0 Å². The third-order valence-corrected chi connectivity index (χ3v) is 1.61. The van der Waals surface area contributed by atoms with E-state index in [0.29, 0.717) is 0 Å². The molecule has 0 spiro atoms. The van der Waals surface area contributed by atoms with Crippen LogP contribution in [-0.4, -0.2) is 5.91 Å². The molecule has 0 aliphatic carbocycles. The van der Waals surface area contributed by atoms with Crippen LogP contribution >= 0.6 is 0 Å². The van der Waals surface area contributed by atoms with Crippen molar-refractivity contribution in [2.24, 2.45) is 5.41 Å². The Morgan fingerprint density at radius 1 is 1.30 bits per heavy atom. The number of hydrogen-bond donors (Lipinski definition) is 1. The molecule has 0 aliphatic rings. The molecule has 0 aromatic rings. The zero-order valence-corrected chi connectivity index (χ0v) is 11.3. The van der Waals surface area contributed by atoms with Gasteiger partial charge in [0.15, 0.2) is 0 Å². The second-order valence-electron chi connectivity index (χ2n) is 2.70. The zero-order chi connectivity index (χ0) is 6.78. The van der Waals surface area contributed by atoms with Gasteiger partial charge in [0.2, 0.25) is 0 Å². The normalized spacial score (nSPS) is 8.90. The van der Waals surface area contributed by atoms with Crippen LogP contribution in [-0.2, 0) is 29.5 Å². The Hall–Kier alpha value is 0.920. The summed E-state index contributed by atoms with van der Waals surface area (Å²) in [5.41, 5.74) is -0.207. The number of rotatable bonds is 0.